The van der Waals surface area contributed by atoms with E-state index in [1.54, 1.807) is 0 Å². The number of nitrogens with zero attached hydrogens (tertiary/aromatic N) is 1. The zero-order valence-corrected chi connectivity index (χ0v) is 10.0. The lowest BCUT2D eigenvalue weighted by atomic mass is 9.95. The van der Waals surface area contributed by atoms with E-state index in [1.807, 2.05) is 4.90 Å². The van der Waals surface area contributed by atoms with E-state index in [2.05, 4.69) is 13.8 Å². The van der Waals surface area contributed by atoms with E-state index >= 15 is 0 Å². The number of amides is 1. The van der Waals surface area contributed by atoms with Crippen molar-refractivity contribution in [3.63, 3.8) is 0 Å². The van der Waals surface area contributed by atoms with Crippen molar-refractivity contribution in [1.82, 2.24) is 4.90 Å². The molecule has 1 heterocycles. The number of likely N-dealkylation sites (tertiary alicyclic amines) is 1. The van der Waals surface area contributed by atoms with Crippen molar-refractivity contribution in [2.24, 2.45) is 5.73 Å². The fourth-order valence-electron chi connectivity index (χ4n) is 2.42. The van der Waals surface area contributed by atoms with Gasteiger partial charge < -0.3 is 10.6 Å². The van der Waals surface area contributed by atoms with E-state index in [0.29, 0.717) is 24.9 Å². The number of rotatable bonds is 4. The molecular formula is C12H24N2O. The Kier molecular flexibility index (Phi) is 5.09. The first kappa shape index (κ1) is 12.5. The first-order valence-corrected chi connectivity index (χ1v) is 6.22. The standard InChI is InChI=1S/C12H24N2O/c1-3-4-8-12(15)14-10(2)6-5-7-11(14)9-13/h10-11H,3-9,13H2,1-2H3. The monoisotopic (exact) mass is 212 g/mol. The van der Waals surface area contributed by atoms with Crippen molar-refractivity contribution in [3.8, 4) is 0 Å². The topological polar surface area (TPSA) is 46.3 Å². The molecule has 0 saturated carbocycles. The van der Waals surface area contributed by atoms with Crippen molar-refractivity contribution in [3.05, 3.63) is 0 Å². The number of hydrogen-bond donors (Lipinski definition) is 1. The van der Waals surface area contributed by atoms with Crippen molar-refractivity contribution in [1.29, 1.82) is 0 Å². The molecule has 1 saturated heterocycles. The second-order valence-corrected chi connectivity index (χ2v) is 4.57. The van der Waals surface area contributed by atoms with Crippen LogP contribution in [0, 0.1) is 0 Å². The summed E-state index contributed by atoms with van der Waals surface area (Å²) in [6.45, 7) is 4.88. The number of carbonyl (C=O) groups is 1. The summed E-state index contributed by atoms with van der Waals surface area (Å²) in [7, 11) is 0. The van der Waals surface area contributed by atoms with E-state index in [4.69, 9.17) is 5.73 Å². The van der Waals surface area contributed by atoms with Gasteiger partial charge in [0.15, 0.2) is 0 Å². The maximum Gasteiger partial charge on any atom is 0.223 e. The summed E-state index contributed by atoms with van der Waals surface area (Å²) in [6, 6.07) is 0.676. The zero-order valence-electron chi connectivity index (χ0n) is 10.0. The van der Waals surface area contributed by atoms with Crippen molar-refractivity contribution in [2.75, 3.05) is 6.54 Å². The lowest BCUT2D eigenvalue weighted by molar-refractivity contribution is -0.137. The van der Waals surface area contributed by atoms with Crippen LogP contribution in [0.4, 0.5) is 0 Å². The third-order valence-electron chi connectivity index (χ3n) is 3.33. The average molecular weight is 212 g/mol. The Morgan fingerprint density at radius 3 is 2.80 bits per heavy atom. The summed E-state index contributed by atoms with van der Waals surface area (Å²) in [5, 5.41) is 0. The number of carbonyl (C=O) groups excluding carboxylic acids is 1. The highest BCUT2D eigenvalue weighted by atomic mass is 16.2. The van der Waals surface area contributed by atoms with Gasteiger partial charge in [-0.2, -0.15) is 0 Å². The maximum atomic E-state index is 12.0. The highest BCUT2D eigenvalue weighted by Gasteiger charge is 2.29. The Hall–Kier alpha value is -0.570. The van der Waals surface area contributed by atoms with E-state index in [1.165, 1.54) is 6.42 Å². The second kappa shape index (κ2) is 6.11. The molecule has 1 rings (SSSR count). The van der Waals surface area contributed by atoms with Crippen LogP contribution in [0.1, 0.15) is 52.4 Å². The molecule has 2 atom stereocenters. The Balaban J connectivity index is 2.56. The molecule has 1 aliphatic rings. The normalized spacial score (nSPS) is 26.7. The van der Waals surface area contributed by atoms with Crippen LogP contribution in [-0.4, -0.2) is 29.4 Å². The molecule has 0 spiro atoms. The van der Waals surface area contributed by atoms with E-state index in [-0.39, 0.29) is 6.04 Å². The van der Waals surface area contributed by atoms with Gasteiger partial charge in [0, 0.05) is 25.0 Å². The molecule has 0 bridgehead atoms. The fraction of sp³-hybridized carbons (Fsp3) is 0.917. The van der Waals surface area contributed by atoms with Crippen LogP contribution in [0.5, 0.6) is 0 Å². The summed E-state index contributed by atoms with van der Waals surface area (Å²) < 4.78 is 0. The van der Waals surface area contributed by atoms with Crippen LogP contribution in [-0.2, 0) is 4.79 Å². The molecule has 2 unspecified atom stereocenters. The minimum atomic E-state index is 0.290. The highest BCUT2D eigenvalue weighted by molar-refractivity contribution is 5.77. The molecule has 3 heteroatoms. The number of unbranched alkanes of at least 4 members (excludes halogenated alkanes) is 1. The van der Waals surface area contributed by atoms with Crippen LogP contribution in [0.15, 0.2) is 0 Å². The quantitative estimate of drug-likeness (QED) is 0.773. The third-order valence-corrected chi connectivity index (χ3v) is 3.33. The van der Waals surface area contributed by atoms with Gasteiger partial charge in [-0.15, -0.1) is 0 Å². The second-order valence-electron chi connectivity index (χ2n) is 4.57. The predicted octanol–water partition coefficient (Wildman–Crippen LogP) is 1.90. The molecule has 0 aromatic rings. The van der Waals surface area contributed by atoms with Gasteiger partial charge in [-0.05, 0) is 32.6 Å². The predicted molar refractivity (Wildman–Crippen MR) is 62.5 cm³/mol. The SMILES string of the molecule is CCCCC(=O)N1C(C)CCCC1CN. The van der Waals surface area contributed by atoms with Gasteiger partial charge in [0.05, 0.1) is 0 Å². The van der Waals surface area contributed by atoms with E-state index < -0.39 is 0 Å². The molecule has 2 N–H and O–H groups in total. The third kappa shape index (κ3) is 3.20. The Labute approximate surface area is 93.0 Å². The molecule has 0 radical (unpaired) electrons. The summed E-state index contributed by atoms with van der Waals surface area (Å²) >= 11 is 0. The molecular weight excluding hydrogens is 188 g/mol. The van der Waals surface area contributed by atoms with Crippen LogP contribution in [0.25, 0.3) is 0 Å². The molecule has 15 heavy (non-hydrogen) atoms. The van der Waals surface area contributed by atoms with Crippen molar-refractivity contribution >= 4 is 5.91 Å². The lowest BCUT2D eigenvalue weighted by Gasteiger charge is -2.40. The van der Waals surface area contributed by atoms with Crippen LogP contribution in [0.3, 0.4) is 0 Å². The average Bonchev–Trinajstić information content (AvgIpc) is 2.25. The fourth-order valence-corrected chi connectivity index (χ4v) is 2.42. The molecule has 0 aromatic heterocycles. The van der Waals surface area contributed by atoms with Gasteiger partial charge in [0.2, 0.25) is 5.91 Å². The molecule has 3 nitrogen and oxygen atoms in total. The smallest absolute Gasteiger partial charge is 0.223 e. The molecule has 88 valence electrons. The van der Waals surface area contributed by atoms with Crippen LogP contribution < -0.4 is 5.73 Å². The highest BCUT2D eigenvalue weighted by Crippen LogP contribution is 2.23. The minimum Gasteiger partial charge on any atom is -0.336 e. The summed E-state index contributed by atoms with van der Waals surface area (Å²) in [6.07, 6.45) is 6.20. The largest absolute Gasteiger partial charge is 0.336 e. The van der Waals surface area contributed by atoms with Crippen molar-refractivity contribution < 1.29 is 4.79 Å². The van der Waals surface area contributed by atoms with Crippen LogP contribution in [0.2, 0.25) is 0 Å². The van der Waals surface area contributed by atoms with Gasteiger partial charge in [-0.3, -0.25) is 4.79 Å². The lowest BCUT2D eigenvalue weighted by Crippen LogP contribution is -2.51. The minimum absolute atomic E-state index is 0.290. The number of hydrogen-bond acceptors (Lipinski definition) is 2. The van der Waals surface area contributed by atoms with E-state index in [0.717, 1.165) is 25.7 Å². The molecule has 1 amide bonds. The summed E-state index contributed by atoms with van der Waals surface area (Å²) in [4.78, 5) is 14.0. The first-order chi connectivity index (χ1) is 7.20. The number of piperidine rings is 1. The van der Waals surface area contributed by atoms with Gasteiger partial charge in [0.25, 0.3) is 0 Å². The molecule has 1 aliphatic heterocycles. The van der Waals surface area contributed by atoms with Gasteiger partial charge in [-0.25, -0.2) is 0 Å². The Morgan fingerprint density at radius 1 is 1.47 bits per heavy atom. The molecule has 0 aromatic carbocycles. The Morgan fingerprint density at radius 2 is 2.20 bits per heavy atom. The van der Waals surface area contributed by atoms with Crippen LogP contribution >= 0.6 is 0 Å². The van der Waals surface area contributed by atoms with E-state index in [9.17, 15) is 4.79 Å². The van der Waals surface area contributed by atoms with Gasteiger partial charge >= 0.3 is 0 Å². The molecule has 1 fully saturated rings. The van der Waals surface area contributed by atoms with Gasteiger partial charge in [0.1, 0.15) is 0 Å². The van der Waals surface area contributed by atoms with Gasteiger partial charge in [-0.1, -0.05) is 13.3 Å². The summed E-state index contributed by atoms with van der Waals surface area (Å²) in [5.74, 6) is 0.305. The molecule has 0 aliphatic carbocycles. The Bertz CT molecular complexity index is 206. The summed E-state index contributed by atoms with van der Waals surface area (Å²) in [5.41, 5.74) is 5.73. The van der Waals surface area contributed by atoms with Crippen molar-refractivity contribution in [2.45, 2.75) is 64.5 Å². The maximum absolute atomic E-state index is 12.0. The zero-order chi connectivity index (χ0) is 11.3. The number of nitrogens with two attached hydrogens (primary N) is 1. The first-order valence-electron chi connectivity index (χ1n) is 6.22.